The van der Waals surface area contributed by atoms with Gasteiger partial charge >= 0.3 is 0 Å². The molecule has 3 N–H and O–H groups in total. The van der Waals surface area contributed by atoms with Crippen molar-refractivity contribution in [2.75, 3.05) is 25.8 Å². The number of ether oxygens (including phenoxy) is 2. The maximum atomic E-state index is 5.41. The zero-order valence-electron chi connectivity index (χ0n) is 16.1. The lowest BCUT2D eigenvalue weighted by Gasteiger charge is -2.13. The normalized spacial score (nSPS) is 19.8. The number of rotatable bonds is 5. The van der Waals surface area contributed by atoms with Crippen molar-refractivity contribution in [2.24, 2.45) is 4.99 Å². The molecule has 0 radical (unpaired) electrons. The van der Waals surface area contributed by atoms with Gasteiger partial charge in [0.05, 0.1) is 14.2 Å². The largest absolute Gasteiger partial charge is 0.493 e. The molecule has 1 heterocycles. The SMILES string of the molecule is COc1ccc(C2CC(/N=C(/Nc3ccccc3C)SC)NN2)cc1OC. The van der Waals surface area contributed by atoms with Crippen molar-refractivity contribution < 1.29 is 9.47 Å². The minimum atomic E-state index is -0.0120. The van der Waals surface area contributed by atoms with Gasteiger partial charge in [-0.2, -0.15) is 0 Å². The Labute approximate surface area is 164 Å². The Balaban J connectivity index is 1.69. The molecule has 2 aromatic carbocycles. The first-order valence-corrected chi connectivity index (χ1v) is 10.0. The summed E-state index contributed by atoms with van der Waals surface area (Å²) in [6.45, 7) is 2.09. The van der Waals surface area contributed by atoms with Gasteiger partial charge in [0.2, 0.25) is 0 Å². The van der Waals surface area contributed by atoms with Crippen molar-refractivity contribution in [2.45, 2.75) is 25.6 Å². The molecular formula is C20H26N4O2S. The predicted octanol–water partition coefficient (Wildman–Crippen LogP) is 3.71. The molecule has 1 aliphatic heterocycles. The van der Waals surface area contributed by atoms with Gasteiger partial charge < -0.3 is 14.8 Å². The third-order valence-electron chi connectivity index (χ3n) is 4.55. The predicted molar refractivity (Wildman–Crippen MR) is 113 cm³/mol. The van der Waals surface area contributed by atoms with Crippen LogP contribution in [-0.4, -0.2) is 31.8 Å². The maximum Gasteiger partial charge on any atom is 0.162 e. The Morgan fingerprint density at radius 2 is 1.89 bits per heavy atom. The van der Waals surface area contributed by atoms with Gasteiger partial charge in [-0.15, -0.1) is 0 Å². The van der Waals surface area contributed by atoms with E-state index in [2.05, 4.69) is 35.2 Å². The van der Waals surface area contributed by atoms with Gasteiger partial charge in [-0.1, -0.05) is 36.0 Å². The van der Waals surface area contributed by atoms with Crippen LogP contribution < -0.4 is 25.6 Å². The molecule has 6 nitrogen and oxygen atoms in total. The van der Waals surface area contributed by atoms with Crippen molar-refractivity contribution in [1.82, 2.24) is 10.9 Å². The van der Waals surface area contributed by atoms with Gasteiger partial charge in [0, 0.05) is 18.2 Å². The van der Waals surface area contributed by atoms with E-state index in [-0.39, 0.29) is 12.2 Å². The van der Waals surface area contributed by atoms with Crippen LogP contribution in [0.3, 0.4) is 0 Å². The summed E-state index contributed by atoms with van der Waals surface area (Å²) in [6, 6.07) is 14.3. The molecule has 0 bridgehead atoms. The Morgan fingerprint density at radius 1 is 1.11 bits per heavy atom. The molecule has 0 amide bonds. The summed E-state index contributed by atoms with van der Waals surface area (Å²) in [5, 5.41) is 4.31. The van der Waals surface area contributed by atoms with Crippen molar-refractivity contribution in [1.29, 1.82) is 0 Å². The number of para-hydroxylation sites is 1. The standard InChI is InChI=1S/C20H26N4O2S/c1-13-7-5-6-8-15(13)21-20(27-4)22-19-12-16(23-24-19)14-9-10-17(25-2)18(11-14)26-3/h5-11,16,19,23-24H,12H2,1-4H3,(H,21,22). The zero-order chi connectivity index (χ0) is 19.2. The van der Waals surface area contributed by atoms with Crippen LogP contribution in [0.2, 0.25) is 0 Å². The summed E-state index contributed by atoms with van der Waals surface area (Å²) in [5.74, 6) is 1.46. The zero-order valence-corrected chi connectivity index (χ0v) is 16.9. The number of aryl methyl sites for hydroxylation is 1. The van der Waals surface area contributed by atoms with Gasteiger partial charge in [-0.25, -0.2) is 15.8 Å². The van der Waals surface area contributed by atoms with Crippen LogP contribution in [0.15, 0.2) is 47.5 Å². The molecule has 2 aromatic rings. The highest BCUT2D eigenvalue weighted by Crippen LogP contribution is 2.32. The van der Waals surface area contributed by atoms with Crippen molar-refractivity contribution in [3.05, 3.63) is 53.6 Å². The quantitative estimate of drug-likeness (QED) is 0.538. The number of anilines is 1. The summed E-state index contributed by atoms with van der Waals surface area (Å²) in [7, 11) is 3.29. The highest BCUT2D eigenvalue weighted by molar-refractivity contribution is 8.13. The van der Waals surface area contributed by atoms with Crippen LogP contribution in [0, 0.1) is 6.92 Å². The lowest BCUT2D eigenvalue weighted by molar-refractivity contribution is 0.354. The molecule has 7 heteroatoms. The number of hydrogen-bond acceptors (Lipinski definition) is 6. The first-order valence-electron chi connectivity index (χ1n) is 8.82. The lowest BCUT2D eigenvalue weighted by Crippen LogP contribution is -2.30. The molecular weight excluding hydrogens is 360 g/mol. The van der Waals surface area contributed by atoms with Crippen LogP contribution in [0.5, 0.6) is 11.5 Å². The van der Waals surface area contributed by atoms with E-state index in [1.54, 1.807) is 26.0 Å². The van der Waals surface area contributed by atoms with Crippen LogP contribution in [0.1, 0.15) is 23.6 Å². The van der Waals surface area contributed by atoms with Crippen molar-refractivity contribution in [3.8, 4) is 11.5 Å². The fourth-order valence-electron chi connectivity index (χ4n) is 3.02. The highest BCUT2D eigenvalue weighted by atomic mass is 32.2. The number of hydrazine groups is 1. The third-order valence-corrected chi connectivity index (χ3v) is 5.14. The van der Waals surface area contributed by atoms with Crippen LogP contribution in [-0.2, 0) is 0 Å². The second-order valence-corrected chi connectivity index (χ2v) is 7.08. The van der Waals surface area contributed by atoms with Crippen molar-refractivity contribution in [3.63, 3.8) is 0 Å². The number of nitrogens with zero attached hydrogens (tertiary/aromatic N) is 1. The minimum absolute atomic E-state index is 0.0120. The summed E-state index contributed by atoms with van der Waals surface area (Å²) >= 11 is 1.60. The first kappa shape index (κ1) is 19.5. The second-order valence-electron chi connectivity index (χ2n) is 6.29. The molecule has 2 unspecified atom stereocenters. The van der Waals surface area contributed by atoms with Crippen LogP contribution in [0.4, 0.5) is 5.69 Å². The third kappa shape index (κ3) is 4.74. The average molecular weight is 387 g/mol. The molecule has 3 rings (SSSR count). The molecule has 27 heavy (non-hydrogen) atoms. The molecule has 1 saturated heterocycles. The summed E-state index contributed by atoms with van der Waals surface area (Å²) in [6.07, 6.45) is 2.86. The Kier molecular flexibility index (Phi) is 6.60. The fourth-order valence-corrected chi connectivity index (χ4v) is 3.46. The van der Waals surface area contributed by atoms with E-state index in [0.717, 1.165) is 34.3 Å². The van der Waals surface area contributed by atoms with E-state index in [1.165, 1.54) is 5.56 Å². The molecule has 1 aliphatic rings. The molecule has 0 aromatic heterocycles. The number of hydrogen-bond donors (Lipinski definition) is 3. The molecule has 0 saturated carbocycles. The first-order chi connectivity index (χ1) is 13.1. The van der Waals surface area contributed by atoms with E-state index in [0.29, 0.717) is 0 Å². The van der Waals surface area contributed by atoms with E-state index >= 15 is 0 Å². The number of aliphatic imine (C=N–C) groups is 1. The molecule has 0 spiro atoms. The minimum Gasteiger partial charge on any atom is -0.493 e. The number of amidine groups is 1. The molecule has 1 fully saturated rings. The molecule has 2 atom stereocenters. The number of nitrogens with one attached hydrogen (secondary N) is 3. The summed E-state index contributed by atoms with van der Waals surface area (Å²) < 4.78 is 10.7. The Morgan fingerprint density at radius 3 is 2.59 bits per heavy atom. The number of methoxy groups -OCH3 is 2. The van der Waals surface area contributed by atoms with Gasteiger partial charge in [-0.3, -0.25) is 0 Å². The Bertz CT molecular complexity index is 812. The average Bonchev–Trinajstić information content (AvgIpc) is 3.17. The van der Waals surface area contributed by atoms with Gasteiger partial charge in [0.25, 0.3) is 0 Å². The molecule has 144 valence electrons. The number of thioether (sulfide) groups is 1. The van der Waals surface area contributed by atoms with Gasteiger partial charge in [-0.05, 0) is 42.5 Å². The Hall–Kier alpha value is -2.22. The van der Waals surface area contributed by atoms with E-state index in [4.69, 9.17) is 14.5 Å². The van der Waals surface area contributed by atoms with Crippen LogP contribution in [0.25, 0.3) is 0 Å². The van der Waals surface area contributed by atoms with Crippen LogP contribution >= 0.6 is 11.8 Å². The highest BCUT2D eigenvalue weighted by Gasteiger charge is 2.25. The van der Waals surface area contributed by atoms with Gasteiger partial charge in [0.1, 0.15) is 6.17 Å². The van der Waals surface area contributed by atoms with E-state index < -0.39 is 0 Å². The number of benzene rings is 2. The molecule has 0 aliphatic carbocycles. The monoisotopic (exact) mass is 386 g/mol. The second kappa shape index (κ2) is 9.12. The summed E-state index contributed by atoms with van der Waals surface area (Å²) in [5.41, 5.74) is 10.0. The maximum absolute atomic E-state index is 5.41. The fraction of sp³-hybridized carbons (Fsp3) is 0.350. The van der Waals surface area contributed by atoms with Crippen molar-refractivity contribution >= 4 is 22.6 Å². The lowest BCUT2D eigenvalue weighted by atomic mass is 10.0. The van der Waals surface area contributed by atoms with E-state index in [9.17, 15) is 0 Å². The van der Waals surface area contributed by atoms with E-state index in [1.807, 2.05) is 36.6 Å². The topological polar surface area (TPSA) is 66.9 Å². The smallest absolute Gasteiger partial charge is 0.162 e. The summed E-state index contributed by atoms with van der Waals surface area (Å²) in [4.78, 5) is 4.82. The van der Waals surface area contributed by atoms with Gasteiger partial charge in [0.15, 0.2) is 16.7 Å².